The Balaban J connectivity index is 2.16. The van der Waals surface area contributed by atoms with Gasteiger partial charge in [-0.15, -0.1) is 0 Å². The largest absolute Gasteiger partial charge is 0.483 e. The average Bonchev–Trinajstić information content (AvgIpc) is 2.65. The molecular weight excluding hydrogens is 350 g/mol. The molecule has 0 fully saturated rings. The Morgan fingerprint density at radius 2 is 1.70 bits per heavy atom. The summed E-state index contributed by atoms with van der Waals surface area (Å²) in [6, 6.07) is 11.9. The van der Waals surface area contributed by atoms with Gasteiger partial charge in [-0.2, -0.15) is 0 Å². The van der Waals surface area contributed by atoms with Gasteiger partial charge in [0.25, 0.3) is 0 Å². The van der Waals surface area contributed by atoms with Crippen molar-refractivity contribution in [2.45, 2.75) is 26.7 Å². The van der Waals surface area contributed by atoms with E-state index in [0.29, 0.717) is 0 Å². The van der Waals surface area contributed by atoms with Gasteiger partial charge in [-0.1, -0.05) is 42.5 Å². The highest BCUT2D eigenvalue weighted by molar-refractivity contribution is 5.79. The number of rotatable bonds is 8. The monoisotopic (exact) mass is 372 g/mol. The summed E-state index contributed by atoms with van der Waals surface area (Å²) in [7, 11) is 0. The fourth-order valence-electron chi connectivity index (χ4n) is 2.77. The lowest BCUT2D eigenvalue weighted by Crippen LogP contribution is -2.07. The molecule has 0 spiro atoms. The van der Waals surface area contributed by atoms with Crippen molar-refractivity contribution in [2.24, 2.45) is 0 Å². The predicted molar refractivity (Wildman–Crippen MR) is 102 cm³/mol. The SMILES string of the molecule is C/C=C(\C(=C/C)COc1c(F)cc(CCC(=O)O)cc1F)c1ccccc1. The van der Waals surface area contributed by atoms with Crippen molar-refractivity contribution < 1.29 is 23.4 Å². The second-order valence-electron chi connectivity index (χ2n) is 5.95. The van der Waals surface area contributed by atoms with E-state index in [9.17, 15) is 13.6 Å². The van der Waals surface area contributed by atoms with E-state index < -0.39 is 23.4 Å². The minimum atomic E-state index is -1.02. The molecule has 0 bridgehead atoms. The molecule has 0 aromatic heterocycles. The maximum Gasteiger partial charge on any atom is 0.303 e. The second-order valence-corrected chi connectivity index (χ2v) is 5.95. The van der Waals surface area contributed by atoms with Crippen LogP contribution >= 0.6 is 0 Å². The fourth-order valence-corrected chi connectivity index (χ4v) is 2.77. The van der Waals surface area contributed by atoms with Gasteiger partial charge in [0.2, 0.25) is 0 Å². The molecule has 0 saturated heterocycles. The summed E-state index contributed by atoms with van der Waals surface area (Å²) >= 11 is 0. The summed E-state index contributed by atoms with van der Waals surface area (Å²) in [5.74, 6) is -3.16. The van der Waals surface area contributed by atoms with Crippen molar-refractivity contribution in [3.63, 3.8) is 0 Å². The van der Waals surface area contributed by atoms with Crippen LogP contribution in [0.3, 0.4) is 0 Å². The second kappa shape index (κ2) is 9.67. The number of carboxylic acid groups (broad SMARTS) is 1. The summed E-state index contributed by atoms with van der Waals surface area (Å²) in [6.07, 6.45) is 3.64. The Kier molecular flexibility index (Phi) is 7.29. The number of carboxylic acids is 1. The molecule has 0 atom stereocenters. The Bertz CT molecular complexity index is 832. The molecule has 142 valence electrons. The standard InChI is InChI=1S/C22H22F2O3/c1-3-16(18(4-2)17-8-6-5-7-9-17)14-27-22-19(23)12-15(13-20(22)24)10-11-21(25)26/h3-9,12-13H,10-11,14H2,1-2H3,(H,25,26)/b16-3-,18-4+. The summed E-state index contributed by atoms with van der Waals surface area (Å²) in [5.41, 5.74) is 3.00. The quantitative estimate of drug-likeness (QED) is 0.630. The lowest BCUT2D eigenvalue weighted by molar-refractivity contribution is -0.136. The van der Waals surface area contributed by atoms with Gasteiger partial charge in [0.15, 0.2) is 17.4 Å². The van der Waals surface area contributed by atoms with E-state index in [1.807, 2.05) is 56.3 Å². The molecule has 2 rings (SSSR count). The maximum atomic E-state index is 14.2. The lowest BCUT2D eigenvalue weighted by Gasteiger charge is -2.15. The van der Waals surface area contributed by atoms with E-state index in [0.717, 1.165) is 28.8 Å². The third-order valence-corrected chi connectivity index (χ3v) is 4.13. The third kappa shape index (κ3) is 5.51. The summed E-state index contributed by atoms with van der Waals surface area (Å²) in [6.45, 7) is 3.74. The van der Waals surface area contributed by atoms with Gasteiger partial charge in [-0.05, 0) is 54.7 Å². The number of ether oxygens (including phenoxy) is 1. The van der Waals surface area contributed by atoms with Crippen LogP contribution < -0.4 is 4.74 Å². The van der Waals surface area contributed by atoms with Crippen LogP contribution in [0.25, 0.3) is 5.57 Å². The zero-order chi connectivity index (χ0) is 19.8. The summed E-state index contributed by atoms with van der Waals surface area (Å²) in [5, 5.41) is 8.69. The Morgan fingerprint density at radius 1 is 1.07 bits per heavy atom. The van der Waals surface area contributed by atoms with Crippen LogP contribution in [0.2, 0.25) is 0 Å². The van der Waals surface area contributed by atoms with E-state index in [4.69, 9.17) is 9.84 Å². The van der Waals surface area contributed by atoms with Crippen LogP contribution in [0.15, 0.2) is 60.2 Å². The topological polar surface area (TPSA) is 46.5 Å². The number of hydrogen-bond acceptors (Lipinski definition) is 2. The molecular formula is C22H22F2O3. The molecule has 0 saturated carbocycles. The minimum absolute atomic E-state index is 0.00732. The van der Waals surface area contributed by atoms with Gasteiger partial charge < -0.3 is 9.84 Å². The van der Waals surface area contributed by atoms with Crippen LogP contribution in [0.4, 0.5) is 8.78 Å². The minimum Gasteiger partial charge on any atom is -0.483 e. The molecule has 0 amide bonds. The van der Waals surface area contributed by atoms with Crippen molar-refractivity contribution in [3.8, 4) is 5.75 Å². The Morgan fingerprint density at radius 3 is 2.22 bits per heavy atom. The number of aryl methyl sites for hydroxylation is 1. The predicted octanol–water partition coefficient (Wildman–Crippen LogP) is 5.41. The van der Waals surface area contributed by atoms with Gasteiger partial charge in [0, 0.05) is 6.42 Å². The van der Waals surface area contributed by atoms with Crippen LogP contribution in [0.5, 0.6) is 5.75 Å². The first kappa shape index (κ1) is 20.4. The van der Waals surface area contributed by atoms with E-state index in [1.165, 1.54) is 0 Å². The number of halogens is 2. The molecule has 3 nitrogen and oxygen atoms in total. The van der Waals surface area contributed by atoms with Crippen LogP contribution in [0.1, 0.15) is 31.4 Å². The van der Waals surface area contributed by atoms with Crippen LogP contribution in [0, 0.1) is 11.6 Å². The van der Waals surface area contributed by atoms with Crippen LogP contribution in [-0.2, 0) is 11.2 Å². The molecule has 0 heterocycles. The van der Waals surface area contributed by atoms with Crippen LogP contribution in [-0.4, -0.2) is 17.7 Å². The third-order valence-electron chi connectivity index (χ3n) is 4.13. The Labute approximate surface area is 157 Å². The zero-order valence-corrected chi connectivity index (χ0v) is 15.3. The highest BCUT2D eigenvalue weighted by Crippen LogP contribution is 2.27. The molecule has 0 aliphatic rings. The molecule has 1 N–H and O–H groups in total. The van der Waals surface area contributed by atoms with Crippen molar-refractivity contribution in [2.75, 3.05) is 6.61 Å². The van der Waals surface area contributed by atoms with E-state index >= 15 is 0 Å². The highest BCUT2D eigenvalue weighted by Gasteiger charge is 2.15. The van der Waals surface area contributed by atoms with Gasteiger partial charge in [-0.25, -0.2) is 8.78 Å². The molecule has 0 radical (unpaired) electrons. The molecule has 2 aromatic carbocycles. The normalized spacial score (nSPS) is 12.1. The summed E-state index contributed by atoms with van der Waals surface area (Å²) < 4.78 is 33.9. The average molecular weight is 372 g/mol. The zero-order valence-electron chi connectivity index (χ0n) is 15.3. The Hall–Kier alpha value is -2.95. The summed E-state index contributed by atoms with van der Waals surface area (Å²) in [4.78, 5) is 10.6. The molecule has 0 aliphatic carbocycles. The van der Waals surface area contributed by atoms with E-state index in [1.54, 1.807) is 0 Å². The molecule has 5 heteroatoms. The fraction of sp³-hybridized carbons (Fsp3) is 0.227. The van der Waals surface area contributed by atoms with Gasteiger partial charge in [-0.3, -0.25) is 4.79 Å². The maximum absolute atomic E-state index is 14.2. The number of carbonyl (C=O) groups is 1. The molecule has 0 unspecified atom stereocenters. The molecule has 0 aliphatic heterocycles. The highest BCUT2D eigenvalue weighted by atomic mass is 19.1. The van der Waals surface area contributed by atoms with Crippen molar-refractivity contribution >= 4 is 11.5 Å². The van der Waals surface area contributed by atoms with E-state index in [-0.39, 0.29) is 25.0 Å². The van der Waals surface area contributed by atoms with Gasteiger partial charge in [0.05, 0.1) is 0 Å². The number of benzene rings is 2. The first-order valence-corrected chi connectivity index (χ1v) is 8.66. The molecule has 27 heavy (non-hydrogen) atoms. The lowest BCUT2D eigenvalue weighted by atomic mass is 9.98. The van der Waals surface area contributed by atoms with Crippen molar-refractivity contribution in [3.05, 3.63) is 83.0 Å². The van der Waals surface area contributed by atoms with Gasteiger partial charge in [0.1, 0.15) is 6.61 Å². The smallest absolute Gasteiger partial charge is 0.303 e. The number of allylic oxidation sites excluding steroid dienone is 2. The van der Waals surface area contributed by atoms with Crippen molar-refractivity contribution in [1.82, 2.24) is 0 Å². The van der Waals surface area contributed by atoms with E-state index in [2.05, 4.69) is 0 Å². The van der Waals surface area contributed by atoms with Gasteiger partial charge >= 0.3 is 5.97 Å². The number of aliphatic carboxylic acids is 1. The van der Waals surface area contributed by atoms with Crippen molar-refractivity contribution in [1.29, 1.82) is 0 Å². The molecule has 2 aromatic rings. The number of hydrogen-bond donors (Lipinski definition) is 1. The first-order chi connectivity index (χ1) is 13.0. The first-order valence-electron chi connectivity index (χ1n) is 8.66.